The number of nitrogens with one attached hydrogen (secondary N) is 1. The number of amides is 1. The average molecular weight is 234 g/mol. The van der Waals surface area contributed by atoms with Crippen molar-refractivity contribution in [3.63, 3.8) is 0 Å². The highest BCUT2D eigenvalue weighted by atomic mass is 16.2. The maximum absolute atomic E-state index is 12.4. The third kappa shape index (κ3) is 2.44. The summed E-state index contributed by atoms with van der Waals surface area (Å²) in [5, 5.41) is 3.11. The number of likely N-dealkylation sites (N-methyl/N-ethyl adjacent to an activating group) is 1. The number of anilines is 1. The number of aromatic nitrogens is 2. The second kappa shape index (κ2) is 5.23. The molecule has 1 aliphatic rings. The number of rotatable bonds is 2. The van der Waals surface area contributed by atoms with Crippen LogP contribution in [-0.2, 0) is 4.79 Å². The summed E-state index contributed by atoms with van der Waals surface area (Å²) in [6.45, 7) is 2.85. The fourth-order valence-electron chi connectivity index (χ4n) is 2.34. The van der Waals surface area contributed by atoms with Crippen molar-refractivity contribution in [2.45, 2.75) is 25.8 Å². The van der Waals surface area contributed by atoms with Crippen molar-refractivity contribution >= 4 is 11.7 Å². The minimum atomic E-state index is -0.118. The van der Waals surface area contributed by atoms with Gasteiger partial charge in [-0.05, 0) is 31.9 Å². The predicted octanol–water partition coefficient (Wildman–Crippen LogP) is 0.827. The Hall–Kier alpha value is -1.49. The summed E-state index contributed by atoms with van der Waals surface area (Å²) in [5.41, 5.74) is 0. The van der Waals surface area contributed by atoms with Gasteiger partial charge in [-0.1, -0.05) is 6.92 Å². The van der Waals surface area contributed by atoms with Gasteiger partial charge in [-0.3, -0.25) is 9.69 Å². The largest absolute Gasteiger partial charge is 0.309 e. The van der Waals surface area contributed by atoms with Gasteiger partial charge in [-0.15, -0.1) is 0 Å². The van der Waals surface area contributed by atoms with Crippen molar-refractivity contribution < 1.29 is 4.79 Å². The van der Waals surface area contributed by atoms with Crippen LogP contribution in [0.25, 0.3) is 0 Å². The zero-order valence-electron chi connectivity index (χ0n) is 10.3. The molecule has 1 fully saturated rings. The molecular formula is C12H18N4O. The summed E-state index contributed by atoms with van der Waals surface area (Å²) in [7, 11) is 1.84. The van der Waals surface area contributed by atoms with Crippen molar-refractivity contribution in [1.82, 2.24) is 15.3 Å². The second-order valence-electron chi connectivity index (χ2n) is 4.44. The van der Waals surface area contributed by atoms with Crippen molar-refractivity contribution in [2.75, 3.05) is 18.5 Å². The molecule has 1 aromatic heterocycles. The first kappa shape index (κ1) is 12.0. The normalized spacial score (nSPS) is 25.8. The van der Waals surface area contributed by atoms with Crippen LogP contribution in [0, 0.1) is 5.92 Å². The van der Waals surface area contributed by atoms with Crippen LogP contribution in [-0.4, -0.2) is 35.5 Å². The number of carbonyl (C=O) groups is 1. The molecule has 1 saturated heterocycles. The summed E-state index contributed by atoms with van der Waals surface area (Å²) >= 11 is 0. The number of hydrogen-bond donors (Lipinski definition) is 1. The van der Waals surface area contributed by atoms with Crippen molar-refractivity contribution in [2.24, 2.45) is 5.92 Å². The first-order chi connectivity index (χ1) is 8.24. The molecule has 0 radical (unpaired) electrons. The fraction of sp³-hybridized carbons (Fsp3) is 0.583. The van der Waals surface area contributed by atoms with E-state index in [-0.39, 0.29) is 11.9 Å². The molecule has 5 nitrogen and oxygen atoms in total. The standard InChI is InChI=1S/C12H18N4O/c1-9-4-3-7-16(12(17)11(9)13-2)10-5-6-14-8-15-10/h5-6,8-9,11,13H,3-4,7H2,1-2H3. The topological polar surface area (TPSA) is 58.1 Å². The molecular weight excluding hydrogens is 216 g/mol. The molecule has 2 unspecified atom stereocenters. The molecule has 1 amide bonds. The molecule has 0 aliphatic carbocycles. The van der Waals surface area contributed by atoms with E-state index in [0.29, 0.717) is 11.7 Å². The fourth-order valence-corrected chi connectivity index (χ4v) is 2.34. The van der Waals surface area contributed by atoms with E-state index < -0.39 is 0 Å². The molecule has 0 bridgehead atoms. The SMILES string of the molecule is CNC1C(=O)N(c2ccncn2)CCCC1C. The molecule has 1 aliphatic heterocycles. The highest BCUT2D eigenvalue weighted by Gasteiger charge is 2.31. The van der Waals surface area contributed by atoms with Crippen molar-refractivity contribution in [3.05, 3.63) is 18.6 Å². The Morgan fingerprint density at radius 1 is 1.53 bits per heavy atom. The summed E-state index contributed by atoms with van der Waals surface area (Å²) < 4.78 is 0. The van der Waals surface area contributed by atoms with E-state index in [0.717, 1.165) is 19.4 Å². The molecule has 17 heavy (non-hydrogen) atoms. The van der Waals surface area contributed by atoms with Crippen molar-refractivity contribution in [1.29, 1.82) is 0 Å². The predicted molar refractivity (Wildman–Crippen MR) is 65.6 cm³/mol. The lowest BCUT2D eigenvalue weighted by Crippen LogP contribution is -2.47. The summed E-state index contributed by atoms with van der Waals surface area (Å²) in [6.07, 6.45) is 5.21. The highest BCUT2D eigenvalue weighted by Crippen LogP contribution is 2.21. The summed E-state index contributed by atoms with van der Waals surface area (Å²) in [4.78, 5) is 22.2. The average Bonchev–Trinajstić information content (AvgIpc) is 2.49. The van der Waals surface area contributed by atoms with Gasteiger partial charge in [0.15, 0.2) is 0 Å². The minimum Gasteiger partial charge on any atom is -0.309 e. The minimum absolute atomic E-state index is 0.108. The first-order valence-corrected chi connectivity index (χ1v) is 5.98. The van der Waals surface area contributed by atoms with E-state index in [2.05, 4.69) is 22.2 Å². The quantitative estimate of drug-likeness (QED) is 0.823. The van der Waals surface area contributed by atoms with Gasteiger partial charge < -0.3 is 5.32 Å². The van der Waals surface area contributed by atoms with Gasteiger partial charge in [0, 0.05) is 12.7 Å². The number of hydrogen-bond acceptors (Lipinski definition) is 4. The molecule has 0 spiro atoms. The molecule has 1 N–H and O–H groups in total. The van der Waals surface area contributed by atoms with E-state index in [1.807, 2.05) is 7.05 Å². The summed E-state index contributed by atoms with van der Waals surface area (Å²) in [6, 6.07) is 1.66. The Morgan fingerprint density at radius 2 is 2.35 bits per heavy atom. The zero-order chi connectivity index (χ0) is 12.3. The number of nitrogens with zero attached hydrogens (tertiary/aromatic N) is 3. The molecule has 2 heterocycles. The Kier molecular flexibility index (Phi) is 3.68. The van der Waals surface area contributed by atoms with Crippen LogP contribution >= 0.6 is 0 Å². The van der Waals surface area contributed by atoms with E-state index in [9.17, 15) is 4.79 Å². The lowest BCUT2D eigenvalue weighted by Gasteiger charge is -2.25. The third-order valence-electron chi connectivity index (χ3n) is 3.30. The van der Waals surface area contributed by atoms with Crippen LogP contribution < -0.4 is 10.2 Å². The summed E-state index contributed by atoms with van der Waals surface area (Å²) in [5.74, 6) is 1.16. The van der Waals surface area contributed by atoms with Crippen molar-refractivity contribution in [3.8, 4) is 0 Å². The Bertz CT molecular complexity index is 381. The molecule has 2 atom stereocenters. The lowest BCUT2D eigenvalue weighted by atomic mass is 9.98. The van der Waals surface area contributed by atoms with Gasteiger partial charge >= 0.3 is 0 Å². The van der Waals surface area contributed by atoms with Gasteiger partial charge in [0.25, 0.3) is 0 Å². The van der Waals surface area contributed by atoms with Gasteiger partial charge in [-0.2, -0.15) is 0 Å². The lowest BCUT2D eigenvalue weighted by molar-refractivity contribution is -0.121. The Labute approximate surface area is 101 Å². The van der Waals surface area contributed by atoms with Crippen LogP contribution in [0.4, 0.5) is 5.82 Å². The van der Waals surface area contributed by atoms with E-state index in [4.69, 9.17) is 0 Å². The zero-order valence-corrected chi connectivity index (χ0v) is 10.3. The number of carbonyl (C=O) groups excluding carboxylic acids is 1. The monoisotopic (exact) mass is 234 g/mol. The van der Waals surface area contributed by atoms with Gasteiger partial charge in [0.05, 0.1) is 6.04 Å². The molecule has 5 heteroatoms. The van der Waals surface area contributed by atoms with Crippen LogP contribution in [0.1, 0.15) is 19.8 Å². The van der Waals surface area contributed by atoms with E-state index in [1.165, 1.54) is 6.33 Å². The van der Waals surface area contributed by atoms with Gasteiger partial charge in [0.1, 0.15) is 12.1 Å². The molecule has 2 rings (SSSR count). The Morgan fingerprint density at radius 3 is 3.00 bits per heavy atom. The van der Waals surface area contributed by atoms with Crippen LogP contribution in [0.5, 0.6) is 0 Å². The molecule has 1 aromatic rings. The molecule has 0 saturated carbocycles. The van der Waals surface area contributed by atoms with Crippen LogP contribution in [0.3, 0.4) is 0 Å². The molecule has 0 aromatic carbocycles. The van der Waals surface area contributed by atoms with Gasteiger partial charge in [0.2, 0.25) is 5.91 Å². The maximum Gasteiger partial charge on any atom is 0.245 e. The molecule has 92 valence electrons. The first-order valence-electron chi connectivity index (χ1n) is 5.98. The smallest absolute Gasteiger partial charge is 0.245 e. The van der Waals surface area contributed by atoms with E-state index >= 15 is 0 Å². The van der Waals surface area contributed by atoms with Crippen LogP contribution in [0.15, 0.2) is 18.6 Å². The highest BCUT2D eigenvalue weighted by molar-refractivity contribution is 5.96. The van der Waals surface area contributed by atoms with Gasteiger partial charge in [-0.25, -0.2) is 9.97 Å². The Balaban J connectivity index is 2.25. The maximum atomic E-state index is 12.4. The third-order valence-corrected chi connectivity index (χ3v) is 3.30. The van der Waals surface area contributed by atoms with Crippen LogP contribution in [0.2, 0.25) is 0 Å². The second-order valence-corrected chi connectivity index (χ2v) is 4.44. The van der Waals surface area contributed by atoms with E-state index in [1.54, 1.807) is 17.2 Å².